The fourth-order valence-electron chi connectivity index (χ4n) is 3.21. The third kappa shape index (κ3) is 4.88. The van der Waals surface area contributed by atoms with E-state index >= 15 is 0 Å². The van der Waals surface area contributed by atoms with Gasteiger partial charge < -0.3 is 9.15 Å². The third-order valence-corrected chi connectivity index (χ3v) is 5.68. The largest absolute Gasteiger partial charge is 0.470 e. The lowest BCUT2D eigenvalue weighted by Gasteiger charge is -2.17. The van der Waals surface area contributed by atoms with Crippen molar-refractivity contribution in [1.82, 2.24) is 24.5 Å². The van der Waals surface area contributed by atoms with E-state index in [1.807, 2.05) is 31.2 Å². The van der Waals surface area contributed by atoms with Gasteiger partial charge in [0.1, 0.15) is 35.2 Å². The number of aryl methyl sites for hydroxylation is 2. The van der Waals surface area contributed by atoms with Crippen LogP contribution in [0.3, 0.4) is 0 Å². The van der Waals surface area contributed by atoms with Gasteiger partial charge in [0.05, 0.1) is 11.4 Å². The third-order valence-electron chi connectivity index (χ3n) is 5.00. The smallest absolute Gasteiger partial charge is 0.276 e. The zero-order chi connectivity index (χ0) is 23.8. The van der Waals surface area contributed by atoms with E-state index in [-0.39, 0.29) is 27.9 Å². The van der Waals surface area contributed by atoms with E-state index in [0.29, 0.717) is 17.3 Å². The van der Waals surface area contributed by atoms with E-state index < -0.39 is 0 Å². The molecule has 0 radical (unpaired) electrons. The average molecular weight is 510 g/mol. The molecule has 0 unspecified atom stereocenters. The monoisotopic (exact) mass is 509 g/mol. The van der Waals surface area contributed by atoms with E-state index in [4.69, 9.17) is 14.1 Å². The molecule has 0 atom stereocenters. The zero-order valence-electron chi connectivity index (χ0n) is 19.1. The minimum atomic E-state index is -0.283. The number of aromatic nitrogens is 5. The molecule has 0 saturated heterocycles. The van der Waals surface area contributed by atoms with Gasteiger partial charge in [0, 0.05) is 24.1 Å². The topological polar surface area (TPSA) is 95.9 Å². The first-order chi connectivity index (χ1) is 15.6. The van der Waals surface area contributed by atoms with E-state index in [2.05, 4.69) is 51.7 Å². The number of benzene rings is 1. The summed E-state index contributed by atoms with van der Waals surface area (Å²) in [5.74, 6) is 1.49. The van der Waals surface area contributed by atoms with Crippen LogP contribution in [-0.2, 0) is 12.0 Å². The Bertz CT molecular complexity index is 1370. The summed E-state index contributed by atoms with van der Waals surface area (Å²) in [6.45, 7) is 10.1. The van der Waals surface area contributed by atoms with Gasteiger partial charge >= 0.3 is 0 Å². The molecule has 0 bridgehead atoms. The Balaban J connectivity index is 1.68. The van der Waals surface area contributed by atoms with E-state index in [9.17, 15) is 4.79 Å². The molecule has 3 heterocycles. The van der Waals surface area contributed by atoms with Crippen molar-refractivity contribution < 1.29 is 9.15 Å². The fourth-order valence-corrected chi connectivity index (χ4v) is 3.62. The van der Waals surface area contributed by atoms with Crippen molar-refractivity contribution >= 4 is 15.9 Å². The number of nitrogens with zero attached hydrogens (tertiary/aromatic N) is 5. The van der Waals surface area contributed by atoms with Gasteiger partial charge in [-0.25, -0.2) is 19.9 Å². The first-order valence-corrected chi connectivity index (χ1v) is 11.2. The number of hydrogen-bond donors (Lipinski definition) is 0. The van der Waals surface area contributed by atoms with Crippen LogP contribution in [-0.4, -0.2) is 24.5 Å². The van der Waals surface area contributed by atoms with Gasteiger partial charge in [0.15, 0.2) is 5.89 Å². The predicted molar refractivity (Wildman–Crippen MR) is 128 cm³/mol. The summed E-state index contributed by atoms with van der Waals surface area (Å²) in [6, 6.07) is 7.74. The standard InChI is InChI=1S/C24H24BrN5O3/c1-14-6-7-16(18-8-9-26-23(29-18)24(3,4)5)10-19(14)30-13-27-21(20(25)22(30)31)33-12-17-11-32-15(2)28-17/h6-11,13H,12H2,1-5H3. The molecule has 0 amide bonds. The molecule has 3 aromatic heterocycles. The van der Waals surface area contributed by atoms with Crippen molar-refractivity contribution in [1.29, 1.82) is 0 Å². The van der Waals surface area contributed by atoms with Gasteiger partial charge in [-0.05, 0) is 40.5 Å². The maximum atomic E-state index is 13.1. The summed E-state index contributed by atoms with van der Waals surface area (Å²) in [4.78, 5) is 30.8. The Morgan fingerprint density at radius 2 is 1.91 bits per heavy atom. The number of oxazole rings is 1. The van der Waals surface area contributed by atoms with E-state index in [0.717, 1.165) is 22.6 Å². The number of rotatable bonds is 5. The Kier molecular flexibility index (Phi) is 6.16. The molecule has 170 valence electrons. The second-order valence-corrected chi connectivity index (χ2v) is 9.50. The van der Waals surface area contributed by atoms with Gasteiger partial charge in [-0.1, -0.05) is 32.9 Å². The van der Waals surface area contributed by atoms with Crippen molar-refractivity contribution in [3.05, 3.63) is 80.9 Å². The Morgan fingerprint density at radius 1 is 1.12 bits per heavy atom. The normalized spacial score (nSPS) is 11.6. The molecular weight excluding hydrogens is 486 g/mol. The summed E-state index contributed by atoms with van der Waals surface area (Å²) < 4.78 is 12.6. The molecule has 0 N–H and O–H groups in total. The van der Waals surface area contributed by atoms with Gasteiger partial charge in [0.2, 0.25) is 5.88 Å². The van der Waals surface area contributed by atoms with Crippen LogP contribution in [0.15, 0.2) is 56.7 Å². The quantitative estimate of drug-likeness (QED) is 0.376. The first kappa shape index (κ1) is 22.8. The van der Waals surface area contributed by atoms with Crippen LogP contribution in [0.1, 0.15) is 43.7 Å². The Hall–Kier alpha value is -3.33. The molecule has 9 heteroatoms. The first-order valence-electron chi connectivity index (χ1n) is 10.4. The zero-order valence-corrected chi connectivity index (χ0v) is 20.7. The van der Waals surface area contributed by atoms with Gasteiger partial charge in [-0.2, -0.15) is 0 Å². The van der Waals surface area contributed by atoms with Crippen molar-refractivity contribution in [2.45, 2.75) is 46.6 Å². The minimum absolute atomic E-state index is 0.144. The minimum Gasteiger partial charge on any atom is -0.470 e. The highest BCUT2D eigenvalue weighted by atomic mass is 79.9. The van der Waals surface area contributed by atoms with Crippen LogP contribution in [0.25, 0.3) is 16.9 Å². The van der Waals surface area contributed by atoms with Crippen LogP contribution < -0.4 is 10.3 Å². The molecule has 0 aliphatic heterocycles. The molecule has 33 heavy (non-hydrogen) atoms. The molecular formula is C24H24BrN5O3. The maximum absolute atomic E-state index is 13.1. The van der Waals surface area contributed by atoms with Crippen LogP contribution in [0.5, 0.6) is 5.88 Å². The highest BCUT2D eigenvalue weighted by Crippen LogP contribution is 2.26. The summed E-state index contributed by atoms with van der Waals surface area (Å²) >= 11 is 3.34. The molecule has 0 spiro atoms. The SMILES string of the molecule is Cc1nc(COc2ncn(-c3cc(-c4ccnc(C(C)(C)C)n4)ccc3C)c(=O)c2Br)co1. The van der Waals surface area contributed by atoms with Crippen molar-refractivity contribution in [2.24, 2.45) is 0 Å². The average Bonchev–Trinajstić information content (AvgIpc) is 3.20. The lowest BCUT2D eigenvalue weighted by atomic mass is 9.95. The van der Waals surface area contributed by atoms with Crippen molar-refractivity contribution in [3.63, 3.8) is 0 Å². The van der Waals surface area contributed by atoms with Gasteiger partial charge in [-0.15, -0.1) is 0 Å². The van der Waals surface area contributed by atoms with Crippen LogP contribution in [0.4, 0.5) is 0 Å². The van der Waals surface area contributed by atoms with E-state index in [1.165, 1.54) is 17.2 Å². The molecule has 0 aliphatic carbocycles. The molecule has 0 aliphatic rings. The second-order valence-electron chi connectivity index (χ2n) is 8.70. The summed E-state index contributed by atoms with van der Waals surface area (Å²) in [5.41, 5.74) is 3.47. The highest BCUT2D eigenvalue weighted by molar-refractivity contribution is 9.10. The highest BCUT2D eigenvalue weighted by Gasteiger charge is 2.19. The summed E-state index contributed by atoms with van der Waals surface area (Å²) in [6.07, 6.45) is 4.73. The fraction of sp³-hybridized carbons (Fsp3) is 0.292. The van der Waals surface area contributed by atoms with Crippen LogP contribution in [0.2, 0.25) is 0 Å². The maximum Gasteiger partial charge on any atom is 0.276 e. The molecule has 1 aromatic carbocycles. The Morgan fingerprint density at radius 3 is 2.61 bits per heavy atom. The molecule has 8 nitrogen and oxygen atoms in total. The predicted octanol–water partition coefficient (Wildman–Crippen LogP) is 4.93. The molecule has 0 fully saturated rings. The molecule has 4 rings (SSSR count). The Labute approximate surface area is 199 Å². The lowest BCUT2D eigenvalue weighted by Crippen LogP contribution is -2.21. The number of halogens is 1. The van der Waals surface area contributed by atoms with Gasteiger partial charge in [0.25, 0.3) is 5.56 Å². The van der Waals surface area contributed by atoms with Crippen LogP contribution >= 0.6 is 15.9 Å². The van der Waals surface area contributed by atoms with Crippen molar-refractivity contribution in [2.75, 3.05) is 0 Å². The lowest BCUT2D eigenvalue weighted by molar-refractivity contribution is 0.285. The second kappa shape index (κ2) is 8.90. The van der Waals surface area contributed by atoms with E-state index in [1.54, 1.807) is 13.1 Å². The summed E-state index contributed by atoms with van der Waals surface area (Å²) in [5, 5.41) is 0. The van der Waals surface area contributed by atoms with Gasteiger partial charge in [-0.3, -0.25) is 9.36 Å². The van der Waals surface area contributed by atoms with Crippen molar-refractivity contribution in [3.8, 4) is 22.8 Å². The molecule has 0 saturated carbocycles. The number of hydrogen-bond acceptors (Lipinski definition) is 7. The molecule has 4 aromatic rings. The number of ether oxygens (including phenoxy) is 1. The van der Waals surface area contributed by atoms with Crippen LogP contribution in [0, 0.1) is 13.8 Å². The summed E-state index contributed by atoms with van der Waals surface area (Å²) in [7, 11) is 0.